The third-order valence-corrected chi connectivity index (χ3v) is 2.19. The van der Waals surface area contributed by atoms with Gasteiger partial charge in [0.1, 0.15) is 11.6 Å². The maximum Gasteiger partial charge on any atom is 0.379 e. The van der Waals surface area contributed by atoms with Crippen LogP contribution in [0, 0.1) is 12.7 Å². The van der Waals surface area contributed by atoms with Gasteiger partial charge in [-0.1, -0.05) is 0 Å². The fourth-order valence-electron chi connectivity index (χ4n) is 1.32. The second-order valence-corrected chi connectivity index (χ2v) is 3.35. The summed E-state index contributed by atoms with van der Waals surface area (Å²) in [5.41, 5.74) is 0.267. The molecule has 0 aliphatic heterocycles. The first-order chi connectivity index (χ1) is 8.01. The van der Waals surface area contributed by atoms with Gasteiger partial charge < -0.3 is 9.47 Å². The highest BCUT2D eigenvalue weighted by molar-refractivity contribution is 6.41. The van der Waals surface area contributed by atoms with Crippen molar-refractivity contribution in [2.24, 2.45) is 0 Å². The van der Waals surface area contributed by atoms with Crippen LogP contribution in [0.2, 0.25) is 0 Å². The molecule has 17 heavy (non-hydrogen) atoms. The number of ketones is 1. The molecule has 0 atom stereocenters. The maximum atomic E-state index is 13.3. The number of methoxy groups -OCH3 is 1. The first kappa shape index (κ1) is 13.2. The van der Waals surface area contributed by atoms with E-state index in [-0.39, 0.29) is 23.5 Å². The molecule has 92 valence electrons. The Labute approximate surface area is 98.3 Å². The van der Waals surface area contributed by atoms with E-state index in [1.807, 2.05) is 0 Å². The molecule has 0 radical (unpaired) electrons. The van der Waals surface area contributed by atoms with E-state index >= 15 is 0 Å². The summed E-state index contributed by atoms with van der Waals surface area (Å²) in [4.78, 5) is 23.0. The number of hydrogen-bond acceptors (Lipinski definition) is 4. The van der Waals surface area contributed by atoms with Crippen LogP contribution in [0.15, 0.2) is 12.1 Å². The second-order valence-electron chi connectivity index (χ2n) is 3.35. The van der Waals surface area contributed by atoms with Crippen LogP contribution in [0.5, 0.6) is 5.75 Å². The normalized spacial score (nSPS) is 9.88. The number of carbonyl (C=O) groups excluding carboxylic acids is 2. The van der Waals surface area contributed by atoms with Crippen molar-refractivity contribution in [1.82, 2.24) is 0 Å². The number of rotatable bonds is 4. The van der Waals surface area contributed by atoms with Crippen LogP contribution < -0.4 is 4.74 Å². The third-order valence-electron chi connectivity index (χ3n) is 2.19. The Kier molecular flexibility index (Phi) is 4.20. The van der Waals surface area contributed by atoms with Gasteiger partial charge in [0.05, 0.1) is 19.3 Å². The predicted molar refractivity (Wildman–Crippen MR) is 58.7 cm³/mol. The summed E-state index contributed by atoms with van der Waals surface area (Å²) < 4.78 is 22.7. The highest BCUT2D eigenvalue weighted by Gasteiger charge is 2.22. The van der Waals surface area contributed by atoms with Crippen molar-refractivity contribution in [2.45, 2.75) is 13.8 Å². The summed E-state index contributed by atoms with van der Waals surface area (Å²) in [5.74, 6) is -2.29. The average Bonchev–Trinajstić information content (AvgIpc) is 2.31. The van der Waals surface area contributed by atoms with Gasteiger partial charge in [0.2, 0.25) is 0 Å². The topological polar surface area (TPSA) is 52.6 Å². The first-order valence-corrected chi connectivity index (χ1v) is 5.06. The zero-order chi connectivity index (χ0) is 13.0. The second kappa shape index (κ2) is 5.43. The van der Waals surface area contributed by atoms with Crippen molar-refractivity contribution in [3.05, 3.63) is 29.1 Å². The van der Waals surface area contributed by atoms with Gasteiger partial charge in [-0.05, 0) is 25.5 Å². The van der Waals surface area contributed by atoms with Gasteiger partial charge in [-0.2, -0.15) is 0 Å². The molecule has 1 rings (SSSR count). The fourth-order valence-corrected chi connectivity index (χ4v) is 1.32. The van der Waals surface area contributed by atoms with E-state index in [4.69, 9.17) is 4.74 Å². The minimum absolute atomic E-state index is 0.00449. The van der Waals surface area contributed by atoms with Crippen LogP contribution in [-0.4, -0.2) is 25.5 Å². The van der Waals surface area contributed by atoms with Gasteiger partial charge in [-0.3, -0.25) is 4.79 Å². The van der Waals surface area contributed by atoms with Crippen molar-refractivity contribution < 1.29 is 23.5 Å². The number of ether oxygens (including phenoxy) is 2. The summed E-state index contributed by atoms with van der Waals surface area (Å²) in [7, 11) is 1.30. The van der Waals surface area contributed by atoms with E-state index in [1.165, 1.54) is 20.1 Å². The molecular formula is C12H13FO4. The molecule has 0 aliphatic carbocycles. The number of halogens is 1. The Hall–Kier alpha value is -1.91. The Morgan fingerprint density at radius 3 is 2.53 bits per heavy atom. The molecule has 5 heteroatoms. The molecule has 0 spiro atoms. The van der Waals surface area contributed by atoms with E-state index in [9.17, 15) is 14.0 Å². The Morgan fingerprint density at radius 2 is 2.00 bits per heavy atom. The van der Waals surface area contributed by atoms with Crippen LogP contribution >= 0.6 is 0 Å². The largest absolute Gasteiger partial charge is 0.496 e. The first-order valence-electron chi connectivity index (χ1n) is 5.06. The molecule has 4 nitrogen and oxygen atoms in total. The number of hydrogen-bond donors (Lipinski definition) is 0. The van der Waals surface area contributed by atoms with Crippen molar-refractivity contribution in [2.75, 3.05) is 13.7 Å². The summed E-state index contributed by atoms with van der Waals surface area (Å²) >= 11 is 0. The number of Topliss-reactive ketones (excluding diaryl/α,β-unsaturated/α-hetero) is 1. The van der Waals surface area contributed by atoms with E-state index < -0.39 is 17.6 Å². The lowest BCUT2D eigenvalue weighted by atomic mass is 10.1. The number of carbonyl (C=O) groups is 2. The molecule has 0 fully saturated rings. The van der Waals surface area contributed by atoms with Gasteiger partial charge in [0.15, 0.2) is 0 Å². The maximum absolute atomic E-state index is 13.3. The van der Waals surface area contributed by atoms with Gasteiger partial charge in [-0.25, -0.2) is 9.18 Å². The monoisotopic (exact) mass is 240 g/mol. The molecule has 0 bridgehead atoms. The minimum atomic E-state index is -0.975. The van der Waals surface area contributed by atoms with Gasteiger partial charge >= 0.3 is 5.97 Å². The highest BCUT2D eigenvalue weighted by atomic mass is 19.1. The van der Waals surface area contributed by atoms with Crippen molar-refractivity contribution in [3.8, 4) is 5.75 Å². The quantitative estimate of drug-likeness (QED) is 0.458. The Morgan fingerprint density at radius 1 is 1.35 bits per heavy atom. The van der Waals surface area contributed by atoms with Crippen LogP contribution in [0.4, 0.5) is 4.39 Å². The summed E-state index contributed by atoms with van der Waals surface area (Å²) in [6.45, 7) is 3.20. The molecule has 0 heterocycles. The molecule has 1 aromatic carbocycles. The van der Waals surface area contributed by atoms with Crippen LogP contribution in [0.3, 0.4) is 0 Å². The van der Waals surface area contributed by atoms with Crippen LogP contribution in [-0.2, 0) is 9.53 Å². The van der Waals surface area contributed by atoms with E-state index in [0.29, 0.717) is 0 Å². The SMILES string of the molecule is CCOC(=O)C(=O)c1cc(C)c(F)cc1OC. The zero-order valence-corrected chi connectivity index (χ0v) is 9.87. The smallest absolute Gasteiger partial charge is 0.379 e. The van der Waals surface area contributed by atoms with Crippen LogP contribution in [0.25, 0.3) is 0 Å². The molecule has 0 saturated heterocycles. The lowest BCUT2D eigenvalue weighted by Gasteiger charge is -2.08. The highest BCUT2D eigenvalue weighted by Crippen LogP contribution is 2.23. The summed E-state index contributed by atoms with van der Waals surface area (Å²) in [5, 5.41) is 0. The van der Waals surface area contributed by atoms with Gasteiger partial charge in [0, 0.05) is 6.07 Å². The molecule has 0 saturated carbocycles. The molecule has 0 amide bonds. The van der Waals surface area contributed by atoms with E-state index in [1.54, 1.807) is 6.92 Å². The van der Waals surface area contributed by atoms with E-state index in [2.05, 4.69) is 4.74 Å². The lowest BCUT2D eigenvalue weighted by Crippen LogP contribution is -2.18. The van der Waals surface area contributed by atoms with Crippen molar-refractivity contribution >= 4 is 11.8 Å². The minimum Gasteiger partial charge on any atom is -0.496 e. The Balaban J connectivity index is 3.16. The summed E-state index contributed by atoms with van der Waals surface area (Å²) in [6, 6.07) is 2.34. The zero-order valence-electron chi connectivity index (χ0n) is 9.87. The predicted octanol–water partition coefficient (Wildman–Crippen LogP) is 1.89. The van der Waals surface area contributed by atoms with Crippen LogP contribution in [0.1, 0.15) is 22.8 Å². The average molecular weight is 240 g/mol. The lowest BCUT2D eigenvalue weighted by molar-refractivity contribution is -0.137. The molecule has 0 aliphatic rings. The molecule has 1 aromatic rings. The fraction of sp³-hybridized carbons (Fsp3) is 0.333. The third kappa shape index (κ3) is 2.81. The molecule has 0 N–H and O–H groups in total. The standard InChI is InChI=1S/C12H13FO4/c1-4-17-12(15)11(14)8-5-7(2)9(13)6-10(8)16-3/h5-6H,4H2,1-3H3. The Bertz CT molecular complexity index is 454. The van der Waals surface area contributed by atoms with Gasteiger partial charge in [0.25, 0.3) is 5.78 Å². The van der Waals surface area contributed by atoms with Crippen molar-refractivity contribution in [1.29, 1.82) is 0 Å². The van der Waals surface area contributed by atoms with Crippen molar-refractivity contribution in [3.63, 3.8) is 0 Å². The van der Waals surface area contributed by atoms with Gasteiger partial charge in [-0.15, -0.1) is 0 Å². The number of aryl methyl sites for hydroxylation is 1. The molecule has 0 aromatic heterocycles. The molecular weight excluding hydrogens is 227 g/mol. The number of benzene rings is 1. The number of esters is 1. The molecule has 0 unspecified atom stereocenters. The van der Waals surface area contributed by atoms with E-state index in [0.717, 1.165) is 6.07 Å². The summed E-state index contributed by atoms with van der Waals surface area (Å²) in [6.07, 6.45) is 0.